The van der Waals surface area contributed by atoms with Crippen LogP contribution in [0.15, 0.2) is 93.7 Å². The lowest BCUT2D eigenvalue weighted by Gasteiger charge is -2.26. The molecule has 0 atom stereocenters. The van der Waals surface area contributed by atoms with Crippen molar-refractivity contribution >= 4 is 47.6 Å². The van der Waals surface area contributed by atoms with Gasteiger partial charge in [0.1, 0.15) is 5.57 Å². The third-order valence-corrected chi connectivity index (χ3v) is 5.86. The van der Waals surface area contributed by atoms with Gasteiger partial charge in [-0.1, -0.05) is 29.9 Å². The number of nitrogens with two attached hydrogens (primary N) is 1. The van der Waals surface area contributed by atoms with Crippen molar-refractivity contribution in [3.8, 4) is 5.69 Å². The molecule has 3 aromatic rings. The highest BCUT2D eigenvalue weighted by molar-refractivity contribution is 6.37. The minimum absolute atomic E-state index is 0.0987. The average Bonchev–Trinajstić information content (AvgIpc) is 2.93. The SMILES string of the molecule is CC(C=Cc1c[nH]c(=O)n(-c2cccc(C(N)=O)c2)c1=O)=CC=C1C(=O)NC(=O)N(c2cccc(NC=O)c2)C1=O. The number of amides is 6. The second-order valence-corrected chi connectivity index (χ2v) is 8.64. The lowest BCUT2D eigenvalue weighted by Crippen LogP contribution is -2.54. The number of rotatable bonds is 8. The molecule has 5 N–H and O–H groups in total. The number of primary amides is 1. The summed E-state index contributed by atoms with van der Waals surface area (Å²) in [5.74, 6) is -2.49. The van der Waals surface area contributed by atoms with Crippen molar-refractivity contribution in [1.29, 1.82) is 0 Å². The van der Waals surface area contributed by atoms with Gasteiger partial charge in [-0.25, -0.2) is 19.1 Å². The lowest BCUT2D eigenvalue weighted by atomic mass is 10.1. The maximum Gasteiger partial charge on any atom is 0.335 e. The van der Waals surface area contributed by atoms with Crippen LogP contribution in [0, 0.1) is 0 Å². The molecule has 2 aromatic carbocycles. The van der Waals surface area contributed by atoms with Gasteiger partial charge in [0.15, 0.2) is 0 Å². The number of anilines is 2. The molecule has 6 amide bonds. The molecule has 13 heteroatoms. The Kier molecular flexibility index (Phi) is 7.99. The van der Waals surface area contributed by atoms with Crippen molar-refractivity contribution in [2.24, 2.45) is 5.73 Å². The number of aromatic nitrogens is 2. The molecule has 0 radical (unpaired) electrons. The summed E-state index contributed by atoms with van der Waals surface area (Å²) in [6.45, 7) is 1.64. The highest BCUT2D eigenvalue weighted by atomic mass is 16.2. The van der Waals surface area contributed by atoms with Crippen LogP contribution in [0.4, 0.5) is 16.2 Å². The predicted molar refractivity (Wildman–Crippen MR) is 149 cm³/mol. The molecule has 0 saturated carbocycles. The van der Waals surface area contributed by atoms with Crippen LogP contribution in [0.5, 0.6) is 0 Å². The number of aromatic amines is 1. The zero-order valence-corrected chi connectivity index (χ0v) is 21.4. The van der Waals surface area contributed by atoms with E-state index in [1.807, 2.05) is 0 Å². The van der Waals surface area contributed by atoms with Crippen LogP contribution < -0.4 is 32.5 Å². The minimum Gasteiger partial charge on any atom is -0.366 e. The van der Waals surface area contributed by atoms with E-state index in [1.54, 1.807) is 13.0 Å². The number of imide groups is 2. The molecule has 2 heterocycles. The molecule has 1 saturated heterocycles. The third kappa shape index (κ3) is 5.98. The molecule has 0 spiro atoms. The van der Waals surface area contributed by atoms with E-state index < -0.39 is 35.0 Å². The fourth-order valence-electron chi connectivity index (χ4n) is 3.85. The molecule has 1 aliphatic rings. The summed E-state index contributed by atoms with van der Waals surface area (Å²) in [5.41, 5.74) is 4.92. The monoisotopic (exact) mass is 554 g/mol. The maximum absolute atomic E-state index is 13.1. The van der Waals surface area contributed by atoms with E-state index in [0.717, 1.165) is 9.47 Å². The molecular formula is C28H22N6O7. The van der Waals surface area contributed by atoms with Crippen molar-refractivity contribution in [2.75, 3.05) is 10.2 Å². The number of H-pyrrole nitrogens is 1. The van der Waals surface area contributed by atoms with E-state index in [1.165, 1.54) is 73.0 Å². The Morgan fingerprint density at radius 3 is 2.46 bits per heavy atom. The van der Waals surface area contributed by atoms with E-state index in [-0.39, 0.29) is 28.1 Å². The Hall–Kier alpha value is -6.11. The van der Waals surface area contributed by atoms with Gasteiger partial charge in [0, 0.05) is 17.4 Å². The number of nitrogens with zero attached hydrogens (tertiary/aromatic N) is 2. The van der Waals surface area contributed by atoms with Crippen LogP contribution in [-0.4, -0.2) is 39.7 Å². The molecule has 1 fully saturated rings. The van der Waals surface area contributed by atoms with Gasteiger partial charge in [0.25, 0.3) is 17.4 Å². The van der Waals surface area contributed by atoms with Gasteiger partial charge in [-0.05, 0) is 55.5 Å². The van der Waals surface area contributed by atoms with Gasteiger partial charge in [0.05, 0.1) is 16.9 Å². The summed E-state index contributed by atoms with van der Waals surface area (Å²) in [4.78, 5) is 88.8. The van der Waals surface area contributed by atoms with Gasteiger partial charge in [0.2, 0.25) is 12.3 Å². The fourth-order valence-corrected chi connectivity index (χ4v) is 3.85. The Balaban J connectivity index is 1.61. The molecule has 0 aliphatic carbocycles. The first-order valence-electron chi connectivity index (χ1n) is 11.9. The molecule has 0 unspecified atom stereocenters. The summed E-state index contributed by atoms with van der Waals surface area (Å²) in [6, 6.07) is 10.7. The summed E-state index contributed by atoms with van der Waals surface area (Å²) in [7, 11) is 0. The summed E-state index contributed by atoms with van der Waals surface area (Å²) < 4.78 is 0.851. The summed E-state index contributed by atoms with van der Waals surface area (Å²) in [5, 5.41) is 4.52. The smallest absolute Gasteiger partial charge is 0.335 e. The van der Waals surface area contributed by atoms with E-state index in [4.69, 9.17) is 5.73 Å². The van der Waals surface area contributed by atoms with E-state index in [0.29, 0.717) is 17.7 Å². The Bertz CT molecular complexity index is 1810. The van der Waals surface area contributed by atoms with Gasteiger partial charge in [-0.3, -0.25) is 29.3 Å². The first kappa shape index (κ1) is 27.9. The van der Waals surface area contributed by atoms with Crippen molar-refractivity contribution in [3.05, 3.63) is 116 Å². The number of barbiturate groups is 1. The molecule has 4 rings (SSSR count). The van der Waals surface area contributed by atoms with E-state index in [2.05, 4.69) is 15.6 Å². The normalized spacial score (nSPS) is 14.9. The van der Waals surface area contributed by atoms with Crippen LogP contribution >= 0.6 is 0 Å². The van der Waals surface area contributed by atoms with Crippen LogP contribution in [0.1, 0.15) is 22.8 Å². The van der Waals surface area contributed by atoms with Crippen LogP contribution in [0.25, 0.3) is 11.8 Å². The van der Waals surface area contributed by atoms with E-state index >= 15 is 0 Å². The van der Waals surface area contributed by atoms with Crippen LogP contribution in [-0.2, 0) is 14.4 Å². The number of benzene rings is 2. The van der Waals surface area contributed by atoms with E-state index in [9.17, 15) is 33.6 Å². The van der Waals surface area contributed by atoms with Gasteiger partial charge < -0.3 is 16.0 Å². The fraction of sp³-hybridized carbons (Fsp3) is 0.0357. The zero-order chi connectivity index (χ0) is 29.7. The minimum atomic E-state index is -0.947. The number of carbonyl (C=O) groups is 5. The Morgan fingerprint density at radius 2 is 1.73 bits per heavy atom. The predicted octanol–water partition coefficient (Wildman–Crippen LogP) is 1.36. The highest BCUT2D eigenvalue weighted by Crippen LogP contribution is 2.23. The third-order valence-electron chi connectivity index (χ3n) is 5.86. The second-order valence-electron chi connectivity index (χ2n) is 8.64. The molecule has 13 nitrogen and oxygen atoms in total. The first-order valence-corrected chi connectivity index (χ1v) is 11.9. The topological polar surface area (TPSA) is 194 Å². The second kappa shape index (κ2) is 11.7. The highest BCUT2D eigenvalue weighted by Gasteiger charge is 2.36. The quantitative estimate of drug-likeness (QED) is 0.140. The van der Waals surface area contributed by atoms with Crippen LogP contribution in [0.3, 0.4) is 0 Å². The number of urea groups is 1. The molecular weight excluding hydrogens is 532 g/mol. The maximum atomic E-state index is 13.1. The summed E-state index contributed by atoms with van der Waals surface area (Å²) in [6.07, 6.45) is 7.25. The molecule has 0 bridgehead atoms. The number of hydrogen-bond donors (Lipinski definition) is 4. The van der Waals surface area contributed by atoms with Crippen LogP contribution in [0.2, 0.25) is 0 Å². The summed E-state index contributed by atoms with van der Waals surface area (Å²) >= 11 is 0. The number of hydrogen-bond acceptors (Lipinski definition) is 7. The zero-order valence-electron chi connectivity index (χ0n) is 21.4. The van der Waals surface area contributed by atoms with Crippen molar-refractivity contribution in [3.63, 3.8) is 0 Å². The van der Waals surface area contributed by atoms with Crippen molar-refractivity contribution in [2.45, 2.75) is 6.92 Å². The molecule has 206 valence electrons. The lowest BCUT2D eigenvalue weighted by molar-refractivity contribution is -0.122. The number of allylic oxidation sites excluding steroid dienone is 4. The largest absolute Gasteiger partial charge is 0.366 e. The Morgan fingerprint density at radius 1 is 1.00 bits per heavy atom. The average molecular weight is 555 g/mol. The van der Waals surface area contributed by atoms with Crippen molar-refractivity contribution < 1.29 is 24.0 Å². The molecule has 41 heavy (non-hydrogen) atoms. The number of nitrogens with one attached hydrogen (secondary N) is 3. The van der Waals surface area contributed by atoms with Crippen molar-refractivity contribution in [1.82, 2.24) is 14.9 Å². The first-order chi connectivity index (χ1) is 19.6. The van der Waals surface area contributed by atoms with Gasteiger partial charge >= 0.3 is 11.7 Å². The van der Waals surface area contributed by atoms with Gasteiger partial charge in [-0.2, -0.15) is 0 Å². The number of carbonyl (C=O) groups excluding carboxylic acids is 5. The molecule has 1 aromatic heterocycles. The van der Waals surface area contributed by atoms with Gasteiger partial charge in [-0.15, -0.1) is 0 Å². The Labute approximate surface area is 231 Å². The standard InChI is InChI=1S/C28H22N6O7/c1-16(8-10-18-14-30-27(40)33(25(18)38)20-6-2-4-17(12-20)23(29)36)9-11-22-24(37)32-28(41)34(26(22)39)21-7-3-5-19(13-21)31-15-35/h2-15H,1H3,(H2,29,36)(H,30,40)(H,31,35)(H,32,37,41). The molecule has 1 aliphatic heterocycles.